The van der Waals surface area contributed by atoms with E-state index >= 15 is 0 Å². The van der Waals surface area contributed by atoms with Crippen LogP contribution in [0.2, 0.25) is 0 Å². The minimum absolute atomic E-state index is 0.533. The van der Waals surface area contributed by atoms with E-state index in [9.17, 15) is 0 Å². The summed E-state index contributed by atoms with van der Waals surface area (Å²) in [5, 5.41) is 0. The maximum Gasteiger partial charge on any atom is 0.0637 e. The van der Waals surface area contributed by atoms with E-state index in [1.54, 1.807) is 0 Å². The predicted octanol–water partition coefficient (Wildman–Crippen LogP) is 3.16. The highest BCUT2D eigenvalue weighted by Gasteiger charge is 2.19. The zero-order valence-corrected chi connectivity index (χ0v) is 12.3. The van der Waals surface area contributed by atoms with Gasteiger partial charge in [0.25, 0.3) is 0 Å². The van der Waals surface area contributed by atoms with Crippen LogP contribution in [-0.4, -0.2) is 40.6 Å². The zero-order chi connectivity index (χ0) is 11.8. The molecule has 1 aliphatic heterocycles. The molecule has 1 fully saturated rings. The number of nitrogens with zero attached hydrogens (tertiary/aromatic N) is 1. The summed E-state index contributed by atoms with van der Waals surface area (Å²) < 4.78 is 0.706. The summed E-state index contributed by atoms with van der Waals surface area (Å²) in [4.78, 5) is 2.36. The van der Waals surface area contributed by atoms with Crippen molar-refractivity contribution in [2.24, 2.45) is 5.92 Å². The van der Waals surface area contributed by atoms with Gasteiger partial charge < -0.3 is 0 Å². The molecule has 0 bridgehead atoms. The molecule has 0 aromatic carbocycles. The molecule has 1 heterocycles. The van der Waals surface area contributed by atoms with Crippen LogP contribution in [0.3, 0.4) is 0 Å². The Hall–Kier alpha value is 0.220. The number of hydrogen-bond acceptors (Lipinski definition) is 3. The van der Waals surface area contributed by atoms with E-state index in [0.29, 0.717) is 10.5 Å². The second kappa shape index (κ2) is 8.33. The molecule has 0 amide bonds. The average molecular weight is 257 g/mol. The Kier molecular flexibility index (Phi) is 7.44. The molecule has 1 nitrogen and oxygen atoms in total. The van der Waals surface area contributed by atoms with Gasteiger partial charge in [-0.3, -0.25) is 4.90 Å². The Morgan fingerprint density at radius 3 is 2.44 bits per heavy atom. The Balaban J connectivity index is 2.31. The highest BCUT2D eigenvalue weighted by molar-refractivity contribution is 8.17. The molecule has 0 spiro atoms. The molecule has 1 saturated heterocycles. The monoisotopic (exact) mass is 257 g/mol. The van der Waals surface area contributed by atoms with Crippen LogP contribution < -0.4 is 0 Å². The summed E-state index contributed by atoms with van der Waals surface area (Å²) in [6.07, 6.45) is 1.37. The SMILES string of the molecule is CCN(CC)CC#CC(C)C1SCCCS1. The van der Waals surface area contributed by atoms with Crippen molar-refractivity contribution in [3.05, 3.63) is 0 Å². The van der Waals surface area contributed by atoms with E-state index in [1.165, 1.54) is 17.9 Å². The van der Waals surface area contributed by atoms with Crippen LogP contribution in [0, 0.1) is 17.8 Å². The van der Waals surface area contributed by atoms with Crippen molar-refractivity contribution in [2.45, 2.75) is 31.8 Å². The molecule has 1 aliphatic rings. The van der Waals surface area contributed by atoms with Crippen molar-refractivity contribution in [2.75, 3.05) is 31.1 Å². The van der Waals surface area contributed by atoms with E-state index in [4.69, 9.17) is 0 Å². The van der Waals surface area contributed by atoms with Crippen molar-refractivity contribution in [3.63, 3.8) is 0 Å². The zero-order valence-electron chi connectivity index (χ0n) is 10.7. The van der Waals surface area contributed by atoms with Gasteiger partial charge in [-0.15, -0.1) is 23.5 Å². The molecular weight excluding hydrogens is 234 g/mol. The molecule has 0 aromatic heterocycles. The smallest absolute Gasteiger partial charge is 0.0637 e. The predicted molar refractivity (Wildman–Crippen MR) is 78.0 cm³/mol. The fourth-order valence-corrected chi connectivity index (χ4v) is 4.57. The Morgan fingerprint density at radius 1 is 1.25 bits per heavy atom. The minimum Gasteiger partial charge on any atom is -0.293 e. The van der Waals surface area contributed by atoms with Gasteiger partial charge >= 0.3 is 0 Å². The first kappa shape index (κ1) is 14.3. The van der Waals surface area contributed by atoms with Gasteiger partial charge in [-0.1, -0.05) is 25.7 Å². The summed E-state index contributed by atoms with van der Waals surface area (Å²) >= 11 is 4.18. The summed E-state index contributed by atoms with van der Waals surface area (Å²) in [6.45, 7) is 9.80. The molecule has 3 heteroatoms. The van der Waals surface area contributed by atoms with Gasteiger partial charge in [0.15, 0.2) is 0 Å². The van der Waals surface area contributed by atoms with Crippen molar-refractivity contribution < 1.29 is 0 Å². The lowest BCUT2D eigenvalue weighted by Gasteiger charge is -2.23. The van der Waals surface area contributed by atoms with Gasteiger partial charge in [-0.2, -0.15) is 0 Å². The molecule has 16 heavy (non-hydrogen) atoms. The number of hydrogen-bond donors (Lipinski definition) is 0. The van der Waals surface area contributed by atoms with Crippen molar-refractivity contribution in [1.29, 1.82) is 0 Å². The first-order chi connectivity index (χ1) is 7.77. The molecule has 1 atom stereocenters. The standard InChI is InChI=1S/C13H23NS2/c1-4-14(5-2)9-6-8-12(3)13-15-10-7-11-16-13/h12-13H,4-5,7,9-11H2,1-3H3. The fraction of sp³-hybridized carbons (Fsp3) is 0.846. The average Bonchev–Trinajstić information content (AvgIpc) is 2.35. The van der Waals surface area contributed by atoms with Gasteiger partial charge in [0.1, 0.15) is 0 Å². The van der Waals surface area contributed by atoms with Crippen LogP contribution in [0.5, 0.6) is 0 Å². The highest BCUT2D eigenvalue weighted by atomic mass is 32.2. The lowest BCUT2D eigenvalue weighted by molar-refractivity contribution is 0.342. The Morgan fingerprint density at radius 2 is 1.88 bits per heavy atom. The van der Waals surface area contributed by atoms with Crippen molar-refractivity contribution >= 4 is 23.5 Å². The maximum atomic E-state index is 3.42. The van der Waals surface area contributed by atoms with Gasteiger partial charge in [0, 0.05) is 5.92 Å². The van der Waals surface area contributed by atoms with Crippen LogP contribution in [0.4, 0.5) is 0 Å². The minimum atomic E-state index is 0.533. The second-order valence-electron chi connectivity index (χ2n) is 4.03. The molecule has 0 saturated carbocycles. The normalized spacial score (nSPS) is 19.2. The fourth-order valence-electron chi connectivity index (χ4n) is 1.63. The molecule has 1 rings (SSSR count). The Labute approximate surface area is 109 Å². The van der Waals surface area contributed by atoms with E-state index in [0.717, 1.165) is 19.6 Å². The lowest BCUT2D eigenvalue weighted by atomic mass is 10.2. The van der Waals surface area contributed by atoms with E-state index in [1.807, 2.05) is 0 Å². The molecule has 1 unspecified atom stereocenters. The summed E-state index contributed by atoms with van der Waals surface area (Å²) in [7, 11) is 0. The summed E-state index contributed by atoms with van der Waals surface area (Å²) in [5.41, 5.74) is 0. The van der Waals surface area contributed by atoms with E-state index < -0.39 is 0 Å². The third-order valence-corrected chi connectivity index (χ3v) is 6.13. The molecule has 0 N–H and O–H groups in total. The lowest BCUT2D eigenvalue weighted by Crippen LogP contribution is -2.23. The second-order valence-corrected chi connectivity index (χ2v) is 6.83. The highest BCUT2D eigenvalue weighted by Crippen LogP contribution is 2.35. The van der Waals surface area contributed by atoms with Gasteiger partial charge in [-0.25, -0.2) is 0 Å². The van der Waals surface area contributed by atoms with Crippen LogP contribution in [-0.2, 0) is 0 Å². The third-order valence-electron chi connectivity index (χ3n) is 2.79. The molecule has 0 aliphatic carbocycles. The van der Waals surface area contributed by atoms with Crippen LogP contribution >= 0.6 is 23.5 Å². The van der Waals surface area contributed by atoms with Crippen molar-refractivity contribution in [1.82, 2.24) is 4.90 Å². The topological polar surface area (TPSA) is 3.24 Å². The number of thioether (sulfide) groups is 2. The summed E-state index contributed by atoms with van der Waals surface area (Å²) in [5.74, 6) is 9.92. The first-order valence-corrected chi connectivity index (χ1v) is 8.31. The molecular formula is C13H23NS2. The van der Waals surface area contributed by atoms with Crippen molar-refractivity contribution in [3.8, 4) is 11.8 Å². The van der Waals surface area contributed by atoms with E-state index in [2.05, 4.69) is 61.0 Å². The van der Waals surface area contributed by atoms with Gasteiger partial charge in [0.2, 0.25) is 0 Å². The van der Waals surface area contributed by atoms with Gasteiger partial charge in [-0.05, 0) is 37.9 Å². The largest absolute Gasteiger partial charge is 0.293 e. The summed E-state index contributed by atoms with van der Waals surface area (Å²) in [6, 6.07) is 0. The van der Waals surface area contributed by atoms with Crippen LogP contribution in [0.15, 0.2) is 0 Å². The quantitative estimate of drug-likeness (QED) is 0.712. The van der Waals surface area contributed by atoms with Crippen LogP contribution in [0.25, 0.3) is 0 Å². The van der Waals surface area contributed by atoms with E-state index in [-0.39, 0.29) is 0 Å². The first-order valence-electron chi connectivity index (χ1n) is 6.21. The number of rotatable bonds is 4. The van der Waals surface area contributed by atoms with Crippen LogP contribution in [0.1, 0.15) is 27.2 Å². The molecule has 92 valence electrons. The third kappa shape index (κ3) is 5.03. The Bertz CT molecular complexity index is 234. The molecule has 0 radical (unpaired) electrons. The van der Waals surface area contributed by atoms with Gasteiger partial charge in [0.05, 0.1) is 11.1 Å². The maximum absolute atomic E-state index is 3.42. The molecule has 0 aromatic rings.